The highest BCUT2D eigenvalue weighted by Gasteiger charge is 2.10. The third-order valence-electron chi connectivity index (χ3n) is 2.52. The van der Waals surface area contributed by atoms with Crippen molar-refractivity contribution in [3.63, 3.8) is 0 Å². The Bertz CT molecular complexity index is 759. The first-order chi connectivity index (χ1) is 9.13. The largest absolute Gasteiger partial charge is 0.368 e. The second-order valence-corrected chi connectivity index (χ2v) is 5.12. The Morgan fingerprint density at radius 2 is 2.11 bits per heavy atom. The average molecular weight is 295 g/mol. The van der Waals surface area contributed by atoms with E-state index >= 15 is 0 Å². The second-order valence-electron chi connectivity index (χ2n) is 3.82. The quantitative estimate of drug-likeness (QED) is 0.754. The zero-order valence-corrected chi connectivity index (χ0v) is 11.1. The van der Waals surface area contributed by atoms with Crippen molar-refractivity contribution in [3.05, 3.63) is 40.5 Å². The fourth-order valence-corrected chi connectivity index (χ4v) is 2.62. The number of nitrogen functional groups attached to an aromatic ring is 1. The van der Waals surface area contributed by atoms with Gasteiger partial charge in [-0.25, -0.2) is 9.37 Å². The van der Waals surface area contributed by atoms with Crippen LogP contribution in [0.4, 0.5) is 21.8 Å². The lowest BCUT2D eigenvalue weighted by Gasteiger charge is -2.09. The van der Waals surface area contributed by atoms with E-state index in [-0.39, 0.29) is 11.8 Å². The first-order valence-corrected chi connectivity index (χ1v) is 6.62. The number of hydrogen-bond donors (Lipinski definition) is 2. The van der Waals surface area contributed by atoms with Crippen LogP contribution in [0, 0.1) is 5.82 Å². The molecule has 0 bridgehead atoms. The number of halogens is 2. The number of nitrogens with zero attached hydrogens (tertiary/aromatic N) is 2. The maximum absolute atomic E-state index is 13.2. The van der Waals surface area contributed by atoms with Crippen molar-refractivity contribution in [3.8, 4) is 0 Å². The molecule has 3 N–H and O–H groups in total. The van der Waals surface area contributed by atoms with Crippen LogP contribution in [0.3, 0.4) is 0 Å². The van der Waals surface area contributed by atoms with Crippen molar-refractivity contribution < 1.29 is 4.39 Å². The number of nitrogens with two attached hydrogens (primary N) is 1. The van der Waals surface area contributed by atoms with Gasteiger partial charge in [0.15, 0.2) is 0 Å². The molecule has 4 nitrogen and oxygen atoms in total. The van der Waals surface area contributed by atoms with Crippen molar-refractivity contribution in [2.24, 2.45) is 0 Å². The molecule has 0 fully saturated rings. The summed E-state index contributed by atoms with van der Waals surface area (Å²) in [5, 5.41) is 6.10. The van der Waals surface area contributed by atoms with E-state index in [1.807, 2.05) is 11.4 Å². The smallest absolute Gasteiger partial charge is 0.223 e. The third-order valence-corrected chi connectivity index (χ3v) is 3.66. The van der Waals surface area contributed by atoms with Crippen molar-refractivity contribution in [1.29, 1.82) is 0 Å². The molecule has 0 atom stereocenters. The van der Waals surface area contributed by atoms with E-state index in [1.54, 1.807) is 0 Å². The van der Waals surface area contributed by atoms with Crippen molar-refractivity contribution in [2.45, 2.75) is 0 Å². The standard InChI is InChI=1S/C12H8ClFN4S/c13-8-2-1-6(14)5-9(8)16-10-7-3-4-19-11(7)18-12(15)17-10/h1-5H,(H3,15,16,17,18). The molecule has 0 aliphatic rings. The lowest BCUT2D eigenvalue weighted by molar-refractivity contribution is 0.628. The minimum Gasteiger partial charge on any atom is -0.368 e. The zero-order chi connectivity index (χ0) is 13.4. The van der Waals surface area contributed by atoms with Crippen LogP contribution in [0.5, 0.6) is 0 Å². The summed E-state index contributed by atoms with van der Waals surface area (Å²) in [6, 6.07) is 5.95. The van der Waals surface area contributed by atoms with Gasteiger partial charge >= 0.3 is 0 Å². The monoisotopic (exact) mass is 294 g/mol. The van der Waals surface area contributed by atoms with E-state index in [2.05, 4.69) is 15.3 Å². The Balaban J connectivity index is 2.10. The topological polar surface area (TPSA) is 63.8 Å². The number of thiophene rings is 1. The van der Waals surface area contributed by atoms with Crippen LogP contribution in [0.15, 0.2) is 29.6 Å². The molecule has 96 valence electrons. The van der Waals surface area contributed by atoms with Gasteiger partial charge in [0.05, 0.1) is 16.1 Å². The summed E-state index contributed by atoms with van der Waals surface area (Å²) in [4.78, 5) is 9.00. The van der Waals surface area contributed by atoms with E-state index in [0.29, 0.717) is 16.5 Å². The highest BCUT2D eigenvalue weighted by Crippen LogP contribution is 2.31. The number of fused-ring (bicyclic) bond motifs is 1. The van der Waals surface area contributed by atoms with Crippen LogP contribution in [-0.2, 0) is 0 Å². The molecule has 0 spiro atoms. The van der Waals surface area contributed by atoms with Crippen LogP contribution < -0.4 is 11.1 Å². The minimum absolute atomic E-state index is 0.157. The molecule has 0 saturated heterocycles. The van der Waals surface area contributed by atoms with Crippen LogP contribution in [0.25, 0.3) is 10.2 Å². The summed E-state index contributed by atoms with van der Waals surface area (Å²) >= 11 is 7.47. The van der Waals surface area contributed by atoms with E-state index < -0.39 is 0 Å². The molecule has 1 aromatic carbocycles. The van der Waals surface area contributed by atoms with Gasteiger partial charge in [-0.15, -0.1) is 11.3 Å². The van der Waals surface area contributed by atoms with Gasteiger partial charge in [0.1, 0.15) is 16.5 Å². The summed E-state index contributed by atoms with van der Waals surface area (Å²) in [6.45, 7) is 0. The molecule has 19 heavy (non-hydrogen) atoms. The highest BCUT2D eigenvalue weighted by atomic mass is 35.5. The molecular weight excluding hydrogens is 287 g/mol. The predicted molar refractivity (Wildman–Crippen MR) is 76.5 cm³/mol. The SMILES string of the molecule is Nc1nc(Nc2cc(F)ccc2Cl)c2ccsc2n1. The Labute approximate surface area is 117 Å². The normalized spacial score (nSPS) is 10.8. The van der Waals surface area contributed by atoms with Crippen LogP contribution >= 0.6 is 22.9 Å². The van der Waals surface area contributed by atoms with Crippen LogP contribution in [0.1, 0.15) is 0 Å². The van der Waals surface area contributed by atoms with Gasteiger partial charge in [-0.2, -0.15) is 4.98 Å². The second kappa shape index (κ2) is 4.64. The van der Waals surface area contributed by atoms with E-state index in [4.69, 9.17) is 17.3 Å². The lowest BCUT2D eigenvalue weighted by atomic mass is 10.3. The number of rotatable bonds is 2. The van der Waals surface area contributed by atoms with Gasteiger partial charge in [-0.3, -0.25) is 0 Å². The van der Waals surface area contributed by atoms with E-state index in [0.717, 1.165) is 10.2 Å². The molecule has 0 saturated carbocycles. The average Bonchev–Trinajstić information content (AvgIpc) is 2.82. The maximum atomic E-state index is 13.2. The van der Waals surface area contributed by atoms with Gasteiger partial charge < -0.3 is 11.1 Å². The number of hydrogen-bond acceptors (Lipinski definition) is 5. The molecule has 3 rings (SSSR count). The molecule has 0 amide bonds. The van der Waals surface area contributed by atoms with Crippen LogP contribution in [-0.4, -0.2) is 9.97 Å². The third kappa shape index (κ3) is 2.32. The molecule has 2 aromatic heterocycles. The van der Waals surface area contributed by atoms with Gasteiger partial charge in [0, 0.05) is 0 Å². The molecule has 7 heteroatoms. The predicted octanol–water partition coefficient (Wildman–Crippen LogP) is 3.81. The van der Waals surface area contributed by atoms with Gasteiger partial charge in [-0.1, -0.05) is 11.6 Å². The summed E-state index contributed by atoms with van der Waals surface area (Å²) in [5.41, 5.74) is 6.08. The molecule has 0 radical (unpaired) electrons. The number of anilines is 3. The van der Waals surface area contributed by atoms with Crippen molar-refractivity contribution >= 4 is 50.6 Å². The molecule has 2 heterocycles. The van der Waals surface area contributed by atoms with Gasteiger partial charge in [0.2, 0.25) is 5.95 Å². The Morgan fingerprint density at radius 1 is 1.26 bits per heavy atom. The molecule has 3 aromatic rings. The van der Waals surface area contributed by atoms with Gasteiger partial charge in [0.25, 0.3) is 0 Å². The number of aromatic nitrogens is 2. The zero-order valence-electron chi connectivity index (χ0n) is 9.52. The Hall–Kier alpha value is -1.92. The van der Waals surface area contributed by atoms with Gasteiger partial charge in [-0.05, 0) is 29.6 Å². The first kappa shape index (κ1) is 12.1. The molecule has 0 unspecified atom stereocenters. The Kier molecular flexibility index (Phi) is 2.96. The summed E-state index contributed by atoms with van der Waals surface area (Å²) in [6.07, 6.45) is 0. The number of benzene rings is 1. The fraction of sp³-hybridized carbons (Fsp3) is 0. The molecule has 0 aliphatic carbocycles. The van der Waals surface area contributed by atoms with Crippen molar-refractivity contribution in [2.75, 3.05) is 11.1 Å². The highest BCUT2D eigenvalue weighted by molar-refractivity contribution is 7.16. The van der Waals surface area contributed by atoms with Crippen LogP contribution in [0.2, 0.25) is 5.02 Å². The molecular formula is C12H8ClFN4S. The lowest BCUT2D eigenvalue weighted by Crippen LogP contribution is -2.00. The Morgan fingerprint density at radius 3 is 2.95 bits per heavy atom. The minimum atomic E-state index is -0.379. The summed E-state index contributed by atoms with van der Waals surface area (Å²) < 4.78 is 13.2. The van der Waals surface area contributed by atoms with E-state index in [9.17, 15) is 4.39 Å². The van der Waals surface area contributed by atoms with E-state index in [1.165, 1.54) is 29.5 Å². The number of nitrogens with one attached hydrogen (secondary N) is 1. The summed E-state index contributed by atoms with van der Waals surface area (Å²) in [7, 11) is 0. The first-order valence-electron chi connectivity index (χ1n) is 5.36. The summed E-state index contributed by atoms with van der Waals surface area (Å²) in [5.74, 6) is 0.289. The maximum Gasteiger partial charge on any atom is 0.223 e. The fourth-order valence-electron chi connectivity index (χ4n) is 1.69. The molecule has 0 aliphatic heterocycles. The van der Waals surface area contributed by atoms with Crippen molar-refractivity contribution in [1.82, 2.24) is 9.97 Å².